The lowest BCUT2D eigenvalue weighted by Crippen LogP contribution is -2.53. The van der Waals surface area contributed by atoms with Crippen LogP contribution in [0.15, 0.2) is 79.1 Å². The zero-order valence-electron chi connectivity index (χ0n) is 17.5. The van der Waals surface area contributed by atoms with Crippen LogP contribution in [0.25, 0.3) is 11.1 Å². The molecule has 6 nitrogen and oxygen atoms in total. The van der Waals surface area contributed by atoms with Crippen molar-refractivity contribution in [3.8, 4) is 16.9 Å². The lowest BCUT2D eigenvalue weighted by Gasteiger charge is -2.35. The van der Waals surface area contributed by atoms with E-state index in [4.69, 9.17) is 4.74 Å². The Morgan fingerprint density at radius 1 is 0.839 bits per heavy atom. The fourth-order valence-corrected chi connectivity index (χ4v) is 3.67. The third-order valence-corrected chi connectivity index (χ3v) is 5.41. The summed E-state index contributed by atoms with van der Waals surface area (Å²) in [6.45, 7) is 3.74. The zero-order chi connectivity index (χ0) is 21.6. The number of carbonyl (C=O) groups is 2. The summed E-state index contributed by atoms with van der Waals surface area (Å²) >= 11 is 0. The van der Waals surface area contributed by atoms with Crippen molar-refractivity contribution < 1.29 is 14.3 Å². The Kier molecular flexibility index (Phi) is 6.26. The maximum Gasteiger partial charge on any atom is 0.263 e. The molecule has 0 N–H and O–H groups in total. The normalized spacial score (nSPS) is 14.7. The van der Waals surface area contributed by atoms with Crippen LogP contribution < -0.4 is 4.74 Å². The Hall–Kier alpha value is -3.67. The van der Waals surface area contributed by atoms with Crippen molar-refractivity contribution in [2.45, 2.75) is 13.0 Å². The second-order valence-electron chi connectivity index (χ2n) is 7.51. The van der Waals surface area contributed by atoms with E-state index in [0.717, 1.165) is 11.1 Å². The molecule has 0 radical (unpaired) electrons. The molecule has 2 amide bonds. The average Bonchev–Trinajstić information content (AvgIpc) is 2.85. The van der Waals surface area contributed by atoms with Crippen molar-refractivity contribution in [1.29, 1.82) is 0 Å². The van der Waals surface area contributed by atoms with Gasteiger partial charge in [0.1, 0.15) is 5.75 Å². The van der Waals surface area contributed by atoms with Gasteiger partial charge in [-0.25, -0.2) is 0 Å². The number of carbonyl (C=O) groups excluding carboxylic acids is 2. The molecule has 2 aromatic carbocycles. The molecule has 1 aromatic heterocycles. The van der Waals surface area contributed by atoms with Crippen LogP contribution in [0.4, 0.5) is 0 Å². The molecule has 1 aliphatic rings. The zero-order valence-corrected chi connectivity index (χ0v) is 17.5. The van der Waals surface area contributed by atoms with E-state index in [2.05, 4.69) is 17.1 Å². The molecule has 1 unspecified atom stereocenters. The second-order valence-corrected chi connectivity index (χ2v) is 7.51. The molecule has 1 saturated heterocycles. The largest absolute Gasteiger partial charge is 0.481 e. The summed E-state index contributed by atoms with van der Waals surface area (Å²) in [7, 11) is 0. The maximum atomic E-state index is 12.8. The first-order chi connectivity index (χ1) is 15.1. The summed E-state index contributed by atoms with van der Waals surface area (Å²) < 4.78 is 5.88. The predicted octanol–water partition coefficient (Wildman–Crippen LogP) is 3.50. The average molecular weight is 415 g/mol. The van der Waals surface area contributed by atoms with E-state index in [9.17, 15) is 9.59 Å². The molecular weight excluding hydrogens is 390 g/mol. The number of benzene rings is 2. The third-order valence-electron chi connectivity index (χ3n) is 5.41. The number of hydrogen-bond acceptors (Lipinski definition) is 4. The summed E-state index contributed by atoms with van der Waals surface area (Å²) in [5, 5.41) is 0. The van der Waals surface area contributed by atoms with Gasteiger partial charge in [0, 0.05) is 38.6 Å². The molecule has 2 heterocycles. The van der Waals surface area contributed by atoms with E-state index in [1.54, 1.807) is 41.2 Å². The molecule has 0 saturated carbocycles. The molecule has 1 fully saturated rings. The molecule has 3 aromatic rings. The van der Waals surface area contributed by atoms with Crippen molar-refractivity contribution >= 4 is 11.8 Å². The number of hydrogen-bond donors (Lipinski definition) is 0. The molecule has 158 valence electrons. The molecular formula is C25H25N3O3. The van der Waals surface area contributed by atoms with Crippen LogP contribution >= 0.6 is 0 Å². The molecule has 6 heteroatoms. The number of rotatable bonds is 5. The lowest BCUT2D eigenvalue weighted by atomic mass is 10.1. The predicted molar refractivity (Wildman–Crippen MR) is 119 cm³/mol. The standard InChI is InChI=1S/C25H25N3O3/c1-19(31-23-11-9-21(10-12-23)20-6-3-2-4-7-20)24(29)27-14-16-28(17-15-27)25(30)22-8-5-13-26-18-22/h2-13,18-19H,14-17H2,1H3. The van der Waals surface area contributed by atoms with Gasteiger partial charge in [0.05, 0.1) is 5.56 Å². The summed E-state index contributed by atoms with van der Waals surface area (Å²) in [4.78, 5) is 32.9. The monoisotopic (exact) mass is 415 g/mol. The first kappa shape index (κ1) is 20.6. The van der Waals surface area contributed by atoms with Crippen LogP contribution in [0.1, 0.15) is 17.3 Å². The van der Waals surface area contributed by atoms with Crippen LogP contribution in [0.3, 0.4) is 0 Å². The lowest BCUT2D eigenvalue weighted by molar-refractivity contribution is -0.139. The third kappa shape index (κ3) is 4.91. The topological polar surface area (TPSA) is 62.7 Å². The highest BCUT2D eigenvalue weighted by Crippen LogP contribution is 2.23. The number of amides is 2. The van der Waals surface area contributed by atoms with Gasteiger partial charge in [-0.1, -0.05) is 42.5 Å². The number of pyridine rings is 1. The SMILES string of the molecule is CC(Oc1ccc(-c2ccccc2)cc1)C(=O)N1CCN(C(=O)c2cccnc2)CC1. The van der Waals surface area contributed by atoms with E-state index in [0.29, 0.717) is 37.5 Å². The molecule has 0 spiro atoms. The molecule has 0 aliphatic carbocycles. The van der Waals surface area contributed by atoms with Gasteiger partial charge in [0.15, 0.2) is 6.10 Å². The van der Waals surface area contributed by atoms with Crippen molar-refractivity contribution in [3.05, 3.63) is 84.7 Å². The molecule has 0 bridgehead atoms. The van der Waals surface area contributed by atoms with Gasteiger partial charge in [-0.2, -0.15) is 0 Å². The Morgan fingerprint density at radius 3 is 2.13 bits per heavy atom. The minimum absolute atomic E-state index is 0.0528. The highest BCUT2D eigenvalue weighted by molar-refractivity contribution is 5.94. The van der Waals surface area contributed by atoms with Gasteiger partial charge in [0.2, 0.25) is 0 Å². The fourth-order valence-electron chi connectivity index (χ4n) is 3.67. The Balaban J connectivity index is 1.30. The Labute approximate surface area is 182 Å². The maximum absolute atomic E-state index is 12.8. The van der Waals surface area contributed by atoms with E-state index in [-0.39, 0.29) is 11.8 Å². The van der Waals surface area contributed by atoms with Crippen molar-refractivity contribution in [1.82, 2.24) is 14.8 Å². The first-order valence-electron chi connectivity index (χ1n) is 10.4. The van der Waals surface area contributed by atoms with Crippen LogP contribution in [-0.2, 0) is 4.79 Å². The van der Waals surface area contributed by atoms with Crippen LogP contribution in [0, 0.1) is 0 Å². The van der Waals surface area contributed by atoms with Gasteiger partial charge >= 0.3 is 0 Å². The minimum Gasteiger partial charge on any atom is -0.481 e. The number of aromatic nitrogens is 1. The Morgan fingerprint density at radius 2 is 1.48 bits per heavy atom. The summed E-state index contributed by atoms with van der Waals surface area (Å²) in [5.74, 6) is 0.537. The number of nitrogens with zero attached hydrogens (tertiary/aromatic N) is 3. The highest BCUT2D eigenvalue weighted by Gasteiger charge is 2.28. The van der Waals surface area contributed by atoms with Gasteiger partial charge < -0.3 is 14.5 Å². The van der Waals surface area contributed by atoms with Crippen LogP contribution in [0.2, 0.25) is 0 Å². The van der Waals surface area contributed by atoms with E-state index in [1.807, 2.05) is 42.5 Å². The fraction of sp³-hybridized carbons (Fsp3) is 0.240. The van der Waals surface area contributed by atoms with Crippen molar-refractivity contribution in [2.24, 2.45) is 0 Å². The molecule has 1 atom stereocenters. The van der Waals surface area contributed by atoms with E-state index >= 15 is 0 Å². The van der Waals surface area contributed by atoms with Gasteiger partial charge in [0.25, 0.3) is 11.8 Å². The minimum atomic E-state index is -0.594. The van der Waals surface area contributed by atoms with Gasteiger partial charge in [-0.3, -0.25) is 14.6 Å². The molecule has 31 heavy (non-hydrogen) atoms. The number of piperazine rings is 1. The van der Waals surface area contributed by atoms with Crippen molar-refractivity contribution in [3.63, 3.8) is 0 Å². The van der Waals surface area contributed by atoms with E-state index < -0.39 is 6.10 Å². The van der Waals surface area contributed by atoms with Crippen LogP contribution in [0.5, 0.6) is 5.75 Å². The Bertz CT molecular complexity index is 1010. The quantitative estimate of drug-likeness (QED) is 0.640. The first-order valence-corrected chi connectivity index (χ1v) is 10.4. The molecule has 4 rings (SSSR count). The highest BCUT2D eigenvalue weighted by atomic mass is 16.5. The summed E-state index contributed by atoms with van der Waals surface area (Å²) in [5.41, 5.74) is 2.80. The van der Waals surface area contributed by atoms with Gasteiger partial charge in [-0.15, -0.1) is 0 Å². The van der Waals surface area contributed by atoms with Gasteiger partial charge in [-0.05, 0) is 42.3 Å². The summed E-state index contributed by atoms with van der Waals surface area (Å²) in [6, 6.07) is 21.4. The van der Waals surface area contributed by atoms with Crippen molar-refractivity contribution in [2.75, 3.05) is 26.2 Å². The second kappa shape index (κ2) is 9.43. The van der Waals surface area contributed by atoms with E-state index in [1.165, 1.54) is 0 Å². The smallest absolute Gasteiger partial charge is 0.263 e. The van der Waals surface area contributed by atoms with Crippen LogP contribution in [-0.4, -0.2) is 58.9 Å². The molecule has 1 aliphatic heterocycles. The summed E-state index contributed by atoms with van der Waals surface area (Å²) in [6.07, 6.45) is 2.62. The number of ether oxygens (including phenoxy) is 1.